The molecular formula is C40H78NO7P. The van der Waals surface area contributed by atoms with Gasteiger partial charge in [0.1, 0.15) is 19.8 Å². The second-order valence-electron chi connectivity index (χ2n) is 14.7. The molecule has 0 bridgehead atoms. The minimum atomic E-state index is -4.53. The molecule has 0 fully saturated rings. The van der Waals surface area contributed by atoms with Crippen molar-refractivity contribution in [2.75, 3.05) is 47.5 Å². The zero-order valence-electron chi connectivity index (χ0n) is 32.6. The summed E-state index contributed by atoms with van der Waals surface area (Å²) >= 11 is 0. The lowest BCUT2D eigenvalue weighted by Crippen LogP contribution is -2.37. The highest BCUT2D eigenvalue weighted by Crippen LogP contribution is 2.38. The fraction of sp³-hybridized carbons (Fsp3) is 0.875. The van der Waals surface area contributed by atoms with Crippen LogP contribution in [-0.4, -0.2) is 64.1 Å². The Bertz CT molecular complexity index is 843. The molecule has 0 amide bonds. The van der Waals surface area contributed by atoms with E-state index in [0.29, 0.717) is 11.0 Å². The number of carbonyl (C=O) groups is 1. The molecule has 0 saturated carbocycles. The summed E-state index contributed by atoms with van der Waals surface area (Å²) in [7, 11) is 1.32. The molecular weight excluding hydrogens is 637 g/mol. The first kappa shape index (κ1) is 47.8. The molecule has 0 aromatic heterocycles. The van der Waals surface area contributed by atoms with Crippen LogP contribution in [0.1, 0.15) is 174 Å². The number of carbonyl (C=O) groups excluding carboxylic acids is 1. The molecule has 0 rings (SSSR count). The molecule has 0 aliphatic carbocycles. The van der Waals surface area contributed by atoms with Gasteiger partial charge in [0, 0.05) is 6.42 Å². The summed E-state index contributed by atoms with van der Waals surface area (Å²) in [6.07, 6.45) is 37.1. The maximum Gasteiger partial charge on any atom is 0.306 e. The average Bonchev–Trinajstić information content (AvgIpc) is 3.04. The Balaban J connectivity index is 4.36. The van der Waals surface area contributed by atoms with Crippen molar-refractivity contribution in [3.63, 3.8) is 0 Å². The lowest BCUT2D eigenvalue weighted by molar-refractivity contribution is -0.870. The first-order valence-electron chi connectivity index (χ1n) is 20.1. The summed E-state index contributed by atoms with van der Waals surface area (Å²) in [6.45, 7) is 4.71. The third kappa shape index (κ3) is 37.9. The Hall–Kier alpha value is -1.18. The maximum atomic E-state index is 12.6. The fourth-order valence-electron chi connectivity index (χ4n) is 5.39. The lowest BCUT2D eigenvalue weighted by Gasteiger charge is -2.28. The molecule has 0 aliphatic rings. The Morgan fingerprint density at radius 2 is 1.08 bits per heavy atom. The van der Waals surface area contributed by atoms with Crippen LogP contribution >= 0.6 is 7.82 Å². The molecule has 8 nitrogen and oxygen atoms in total. The van der Waals surface area contributed by atoms with E-state index < -0.39 is 13.9 Å². The number of rotatable bonds is 37. The zero-order chi connectivity index (χ0) is 36.3. The summed E-state index contributed by atoms with van der Waals surface area (Å²) < 4.78 is 34.2. The molecule has 0 aromatic rings. The van der Waals surface area contributed by atoms with Crippen molar-refractivity contribution in [2.24, 2.45) is 0 Å². The first-order chi connectivity index (χ1) is 23.6. The second-order valence-corrected chi connectivity index (χ2v) is 16.1. The molecule has 0 aliphatic heterocycles. The van der Waals surface area contributed by atoms with Crippen molar-refractivity contribution in [3.05, 3.63) is 24.5 Å². The van der Waals surface area contributed by atoms with Crippen molar-refractivity contribution in [1.82, 2.24) is 0 Å². The van der Waals surface area contributed by atoms with Gasteiger partial charge >= 0.3 is 5.97 Å². The monoisotopic (exact) mass is 716 g/mol. The molecule has 9 heteroatoms. The molecule has 49 heavy (non-hydrogen) atoms. The van der Waals surface area contributed by atoms with Gasteiger partial charge in [0.05, 0.1) is 34.0 Å². The van der Waals surface area contributed by atoms with Gasteiger partial charge < -0.3 is 27.9 Å². The summed E-state index contributed by atoms with van der Waals surface area (Å²) in [5.74, 6) is -0.372. The van der Waals surface area contributed by atoms with Crippen LogP contribution in [0.5, 0.6) is 0 Å². The molecule has 0 radical (unpaired) electrons. The van der Waals surface area contributed by atoms with E-state index in [-0.39, 0.29) is 32.2 Å². The zero-order valence-corrected chi connectivity index (χ0v) is 33.5. The molecule has 0 heterocycles. The highest BCUT2D eigenvalue weighted by atomic mass is 31.2. The number of quaternary nitrogens is 1. The quantitative estimate of drug-likeness (QED) is 0.0158. The Morgan fingerprint density at radius 3 is 1.57 bits per heavy atom. The second kappa shape index (κ2) is 33.9. The van der Waals surface area contributed by atoms with E-state index in [2.05, 4.69) is 26.0 Å². The molecule has 0 spiro atoms. The van der Waals surface area contributed by atoms with Crippen LogP contribution in [0.3, 0.4) is 0 Å². The Morgan fingerprint density at radius 1 is 0.633 bits per heavy atom. The van der Waals surface area contributed by atoms with Gasteiger partial charge in [-0.25, -0.2) is 0 Å². The molecule has 2 atom stereocenters. The number of unbranched alkanes of at least 4 members (excludes halogenated alkanes) is 21. The summed E-state index contributed by atoms with van der Waals surface area (Å²) in [5, 5.41) is 0. The van der Waals surface area contributed by atoms with Crippen LogP contribution in [0, 0.1) is 0 Å². The van der Waals surface area contributed by atoms with E-state index in [4.69, 9.17) is 18.5 Å². The van der Waals surface area contributed by atoms with E-state index in [1.165, 1.54) is 109 Å². The van der Waals surface area contributed by atoms with Crippen molar-refractivity contribution < 1.29 is 37.3 Å². The summed E-state index contributed by atoms with van der Waals surface area (Å²) in [5.41, 5.74) is 0. The fourth-order valence-corrected chi connectivity index (χ4v) is 6.12. The third-order valence-corrected chi connectivity index (χ3v) is 9.53. The SMILES string of the molecule is CCCCCCCC/C=C/CCCCCC(=O)O[C@H](CO/C=C/CCCCCCCCCCCCCC)COP(=O)([O-])OCC[N+](C)(C)C. The van der Waals surface area contributed by atoms with Gasteiger partial charge in [-0.15, -0.1) is 0 Å². The highest BCUT2D eigenvalue weighted by Gasteiger charge is 2.20. The number of ether oxygens (including phenoxy) is 2. The van der Waals surface area contributed by atoms with Gasteiger partial charge in [-0.1, -0.05) is 135 Å². The van der Waals surface area contributed by atoms with E-state index in [1.807, 2.05) is 27.2 Å². The summed E-state index contributed by atoms with van der Waals surface area (Å²) in [6, 6.07) is 0. The molecule has 290 valence electrons. The lowest BCUT2D eigenvalue weighted by atomic mass is 10.0. The van der Waals surface area contributed by atoms with E-state index in [0.717, 1.165) is 44.9 Å². The van der Waals surface area contributed by atoms with Gasteiger partial charge in [0.2, 0.25) is 0 Å². The highest BCUT2D eigenvalue weighted by molar-refractivity contribution is 7.45. The standard InChI is InChI=1S/C40H78NO7P/c1-6-8-10-12-14-16-18-20-22-24-26-28-30-32-35-45-37-39(38-47-49(43,44)46-36-34-41(3,4)5)48-40(42)33-31-29-27-25-23-21-19-17-15-13-11-9-7-2/h21,23,32,35,39H,6-20,22,24-31,33-34,36-38H2,1-5H3/b23-21+,35-32+/t39-/m1/s1. The number of phosphoric acid groups is 1. The van der Waals surface area contributed by atoms with Crippen molar-refractivity contribution in [1.29, 1.82) is 0 Å². The van der Waals surface area contributed by atoms with Crippen molar-refractivity contribution in [2.45, 2.75) is 180 Å². The van der Waals surface area contributed by atoms with Crippen molar-refractivity contribution in [3.8, 4) is 0 Å². The smallest absolute Gasteiger partial charge is 0.306 e. The molecule has 0 aromatic carbocycles. The largest absolute Gasteiger partial charge is 0.756 e. The predicted octanol–water partition coefficient (Wildman–Crippen LogP) is 11.0. The Kier molecular flexibility index (Phi) is 33.1. The normalized spacial score (nSPS) is 14.1. The van der Waals surface area contributed by atoms with Crippen LogP contribution in [-0.2, 0) is 27.9 Å². The minimum absolute atomic E-state index is 0.0152. The van der Waals surface area contributed by atoms with Gasteiger partial charge in [-0.2, -0.15) is 0 Å². The number of hydrogen-bond acceptors (Lipinski definition) is 7. The Labute approximate surface area is 303 Å². The van der Waals surface area contributed by atoms with Gasteiger partial charge in [-0.3, -0.25) is 9.36 Å². The average molecular weight is 716 g/mol. The first-order valence-corrected chi connectivity index (χ1v) is 21.6. The van der Waals surface area contributed by atoms with Crippen LogP contribution < -0.4 is 4.89 Å². The maximum absolute atomic E-state index is 12.6. The van der Waals surface area contributed by atoms with Crippen LogP contribution in [0.15, 0.2) is 24.5 Å². The predicted molar refractivity (Wildman–Crippen MR) is 203 cm³/mol. The number of esters is 1. The number of likely N-dealkylation sites (N-methyl/N-ethyl adjacent to an activating group) is 1. The number of hydrogen-bond donors (Lipinski definition) is 0. The van der Waals surface area contributed by atoms with E-state index in [9.17, 15) is 14.3 Å². The van der Waals surface area contributed by atoms with E-state index in [1.54, 1.807) is 6.26 Å². The van der Waals surface area contributed by atoms with Gasteiger partial charge in [-0.05, 0) is 51.0 Å². The van der Waals surface area contributed by atoms with Crippen LogP contribution in [0.2, 0.25) is 0 Å². The number of allylic oxidation sites excluding steroid dienone is 3. The van der Waals surface area contributed by atoms with Crippen LogP contribution in [0.25, 0.3) is 0 Å². The minimum Gasteiger partial charge on any atom is -0.756 e. The number of phosphoric ester groups is 1. The van der Waals surface area contributed by atoms with Crippen LogP contribution in [0.4, 0.5) is 0 Å². The molecule has 0 saturated heterocycles. The summed E-state index contributed by atoms with van der Waals surface area (Å²) in [4.78, 5) is 24.9. The molecule has 1 unspecified atom stereocenters. The number of nitrogens with zero attached hydrogens (tertiary/aromatic N) is 1. The molecule has 0 N–H and O–H groups in total. The van der Waals surface area contributed by atoms with Gasteiger partial charge in [0.25, 0.3) is 7.82 Å². The van der Waals surface area contributed by atoms with Crippen molar-refractivity contribution >= 4 is 13.8 Å². The van der Waals surface area contributed by atoms with E-state index >= 15 is 0 Å². The third-order valence-electron chi connectivity index (χ3n) is 8.57. The topological polar surface area (TPSA) is 94.1 Å². The van der Waals surface area contributed by atoms with Gasteiger partial charge in [0.15, 0.2) is 6.10 Å².